The van der Waals surface area contributed by atoms with Gasteiger partial charge in [0.2, 0.25) is 10.1 Å². The molecule has 7 nitrogen and oxygen atoms in total. The molecular formula is C14H15BrN4O3S2. The standard InChI is InChI=1S/C14H15BrN4O3S2/c1-3-7-9(15)8-10(17-7)18-13(19-11(8)22-4-2)24-14(12(20)21)16-5-6-23-14/h5-6,16H,3-4H2,1-2H3,(H,20,21)(H,17,18,19). The number of hydrogen-bond donors (Lipinski definition) is 3. The van der Waals surface area contributed by atoms with Gasteiger partial charge in [0, 0.05) is 11.9 Å². The molecule has 0 fully saturated rings. The van der Waals surface area contributed by atoms with Crippen LogP contribution >= 0.6 is 39.5 Å². The number of aryl methyl sites for hydroxylation is 1. The van der Waals surface area contributed by atoms with Gasteiger partial charge in [0.05, 0.1) is 16.5 Å². The van der Waals surface area contributed by atoms with Gasteiger partial charge in [0.1, 0.15) is 5.65 Å². The Morgan fingerprint density at radius 3 is 2.88 bits per heavy atom. The number of ether oxygens (including phenoxy) is 1. The Hall–Kier alpha value is -1.39. The van der Waals surface area contributed by atoms with E-state index in [9.17, 15) is 9.90 Å². The van der Waals surface area contributed by atoms with Gasteiger partial charge in [-0.1, -0.05) is 18.7 Å². The maximum absolute atomic E-state index is 11.7. The summed E-state index contributed by atoms with van der Waals surface area (Å²) in [5.41, 5.74) is 1.61. The summed E-state index contributed by atoms with van der Waals surface area (Å²) in [5, 5.41) is 15.2. The number of aromatic nitrogens is 3. The third-order valence-electron chi connectivity index (χ3n) is 3.34. The van der Waals surface area contributed by atoms with E-state index < -0.39 is 10.2 Å². The topological polar surface area (TPSA) is 100 Å². The molecule has 3 heterocycles. The first-order valence-electron chi connectivity index (χ1n) is 7.24. The van der Waals surface area contributed by atoms with Gasteiger partial charge in [0.25, 0.3) is 0 Å². The first kappa shape index (κ1) is 17.4. The van der Waals surface area contributed by atoms with Gasteiger partial charge in [0.15, 0.2) is 5.16 Å². The molecule has 24 heavy (non-hydrogen) atoms. The van der Waals surface area contributed by atoms with Crippen LogP contribution in [0, 0.1) is 0 Å². The number of nitrogens with one attached hydrogen (secondary N) is 2. The second kappa shape index (κ2) is 6.85. The maximum Gasteiger partial charge on any atom is 0.351 e. The van der Waals surface area contributed by atoms with Crippen molar-refractivity contribution in [3.8, 4) is 5.88 Å². The smallest absolute Gasteiger partial charge is 0.351 e. The minimum absolute atomic E-state index is 0.327. The van der Waals surface area contributed by atoms with Crippen molar-refractivity contribution in [2.24, 2.45) is 0 Å². The first-order valence-corrected chi connectivity index (χ1v) is 9.73. The largest absolute Gasteiger partial charge is 0.478 e. The van der Waals surface area contributed by atoms with Crippen LogP contribution in [-0.4, -0.2) is 36.8 Å². The molecule has 0 amide bonds. The second-order valence-electron chi connectivity index (χ2n) is 4.83. The zero-order valence-electron chi connectivity index (χ0n) is 12.9. The Kier molecular flexibility index (Phi) is 4.97. The summed E-state index contributed by atoms with van der Waals surface area (Å²) in [6, 6.07) is 0. The number of carboxylic acid groups (broad SMARTS) is 1. The molecule has 128 valence electrons. The van der Waals surface area contributed by atoms with Crippen LogP contribution in [0.15, 0.2) is 21.2 Å². The number of nitrogens with zero attached hydrogens (tertiary/aromatic N) is 2. The summed E-state index contributed by atoms with van der Waals surface area (Å²) in [6.45, 7) is 4.36. The van der Waals surface area contributed by atoms with Crippen molar-refractivity contribution in [1.29, 1.82) is 0 Å². The van der Waals surface area contributed by atoms with E-state index in [0.29, 0.717) is 23.3 Å². The highest BCUT2D eigenvalue weighted by Gasteiger charge is 2.43. The van der Waals surface area contributed by atoms with Gasteiger partial charge in [-0.25, -0.2) is 9.78 Å². The summed E-state index contributed by atoms with van der Waals surface area (Å²) in [6.07, 6.45) is 2.40. The van der Waals surface area contributed by atoms with Crippen molar-refractivity contribution in [2.45, 2.75) is 29.6 Å². The number of rotatable bonds is 6. The molecular weight excluding hydrogens is 416 g/mol. The van der Waals surface area contributed by atoms with Crippen molar-refractivity contribution >= 4 is 56.5 Å². The Morgan fingerprint density at radius 2 is 2.29 bits per heavy atom. The number of fused-ring (bicyclic) bond motifs is 1. The van der Waals surface area contributed by atoms with Gasteiger partial charge in [-0.15, -0.1) is 0 Å². The van der Waals surface area contributed by atoms with E-state index in [1.807, 2.05) is 13.8 Å². The lowest BCUT2D eigenvalue weighted by atomic mass is 10.3. The summed E-state index contributed by atoms with van der Waals surface area (Å²) >= 11 is 5.76. The number of thioether (sulfide) groups is 2. The lowest BCUT2D eigenvalue weighted by Gasteiger charge is -2.22. The highest BCUT2D eigenvalue weighted by atomic mass is 79.9. The van der Waals surface area contributed by atoms with Gasteiger partial charge >= 0.3 is 5.97 Å². The Balaban J connectivity index is 2.07. The van der Waals surface area contributed by atoms with Crippen LogP contribution in [0.5, 0.6) is 5.88 Å². The zero-order valence-corrected chi connectivity index (χ0v) is 16.1. The molecule has 0 aromatic carbocycles. The lowest BCUT2D eigenvalue weighted by molar-refractivity contribution is -0.137. The fourth-order valence-corrected chi connectivity index (χ4v) is 4.85. The van der Waals surface area contributed by atoms with Crippen molar-refractivity contribution in [3.05, 3.63) is 21.8 Å². The van der Waals surface area contributed by atoms with Crippen LogP contribution in [0.4, 0.5) is 0 Å². The molecule has 1 atom stereocenters. The monoisotopic (exact) mass is 430 g/mol. The number of H-pyrrole nitrogens is 1. The summed E-state index contributed by atoms with van der Waals surface area (Å²) in [7, 11) is 0. The van der Waals surface area contributed by atoms with Gasteiger partial charge in [-0.05, 0) is 46.4 Å². The molecule has 0 radical (unpaired) electrons. The number of carboxylic acids is 1. The summed E-state index contributed by atoms with van der Waals surface area (Å²) < 4.78 is 5.26. The molecule has 3 N–H and O–H groups in total. The number of carbonyl (C=O) groups is 1. The van der Waals surface area contributed by atoms with Crippen LogP contribution in [0.1, 0.15) is 19.5 Å². The number of halogens is 1. The van der Waals surface area contributed by atoms with Crippen LogP contribution in [0.25, 0.3) is 11.0 Å². The van der Waals surface area contributed by atoms with Crippen LogP contribution < -0.4 is 10.1 Å². The molecule has 3 rings (SSSR count). The SMILES string of the molecule is CCOc1nc(SC2(C(=O)O)NC=CS2)nc2[nH]c(CC)c(Br)c12. The molecule has 1 aliphatic heterocycles. The van der Waals surface area contributed by atoms with E-state index >= 15 is 0 Å². The summed E-state index contributed by atoms with van der Waals surface area (Å²) in [5.74, 6) is -0.560. The van der Waals surface area contributed by atoms with E-state index in [2.05, 4.69) is 36.2 Å². The Bertz CT molecular complexity index is 816. The minimum atomic E-state index is -1.27. The maximum atomic E-state index is 11.7. The molecule has 0 bridgehead atoms. The van der Waals surface area contributed by atoms with Gasteiger partial charge in [-0.2, -0.15) is 4.98 Å². The highest BCUT2D eigenvalue weighted by molar-refractivity contribution is 9.10. The average Bonchev–Trinajstić information content (AvgIpc) is 3.13. The molecule has 1 unspecified atom stereocenters. The number of aliphatic carboxylic acids is 1. The zero-order chi connectivity index (χ0) is 17.3. The first-order chi connectivity index (χ1) is 11.5. The predicted octanol–water partition coefficient (Wildman–Crippen LogP) is 3.32. The van der Waals surface area contributed by atoms with Crippen LogP contribution in [0.3, 0.4) is 0 Å². The molecule has 1 aliphatic rings. The average molecular weight is 431 g/mol. The van der Waals surface area contributed by atoms with Crippen molar-refractivity contribution in [3.63, 3.8) is 0 Å². The molecule has 10 heteroatoms. The molecule has 0 saturated carbocycles. The fourth-order valence-electron chi connectivity index (χ4n) is 2.23. The molecule has 2 aromatic rings. The normalized spacial score (nSPS) is 19.6. The van der Waals surface area contributed by atoms with Crippen molar-refractivity contribution in [2.75, 3.05) is 6.61 Å². The summed E-state index contributed by atoms with van der Waals surface area (Å²) in [4.78, 5) is 23.8. The number of aromatic amines is 1. The van der Waals surface area contributed by atoms with E-state index in [1.54, 1.807) is 11.6 Å². The lowest BCUT2D eigenvalue weighted by Crippen LogP contribution is -2.40. The van der Waals surface area contributed by atoms with Crippen LogP contribution in [0.2, 0.25) is 0 Å². The van der Waals surface area contributed by atoms with E-state index in [4.69, 9.17) is 4.74 Å². The third kappa shape index (κ3) is 2.98. The second-order valence-corrected chi connectivity index (χ2v) is 8.18. The van der Waals surface area contributed by atoms with Crippen molar-refractivity contribution in [1.82, 2.24) is 20.3 Å². The molecule has 0 saturated heterocycles. The van der Waals surface area contributed by atoms with Gasteiger partial charge in [-0.3, -0.25) is 0 Å². The van der Waals surface area contributed by atoms with Crippen molar-refractivity contribution < 1.29 is 14.6 Å². The predicted molar refractivity (Wildman–Crippen MR) is 98.2 cm³/mol. The van der Waals surface area contributed by atoms with E-state index in [0.717, 1.165) is 45.5 Å². The van der Waals surface area contributed by atoms with E-state index in [1.165, 1.54) is 0 Å². The Morgan fingerprint density at radius 1 is 1.50 bits per heavy atom. The fraction of sp³-hybridized carbons (Fsp3) is 0.357. The number of hydrogen-bond acceptors (Lipinski definition) is 7. The van der Waals surface area contributed by atoms with Gasteiger partial charge < -0.3 is 20.1 Å². The van der Waals surface area contributed by atoms with E-state index in [-0.39, 0.29) is 0 Å². The van der Waals surface area contributed by atoms with Crippen LogP contribution in [-0.2, 0) is 11.2 Å². The molecule has 0 spiro atoms. The third-order valence-corrected chi connectivity index (χ3v) is 6.59. The molecule has 0 aliphatic carbocycles. The molecule has 2 aromatic heterocycles. The quantitative estimate of drug-likeness (QED) is 0.599. The minimum Gasteiger partial charge on any atom is -0.478 e. The Labute approximate surface area is 155 Å². The highest BCUT2D eigenvalue weighted by Crippen LogP contribution is 2.44.